The summed E-state index contributed by atoms with van der Waals surface area (Å²) in [4.78, 5) is 6.93. The van der Waals surface area contributed by atoms with Crippen LogP contribution in [0.2, 0.25) is 0 Å². The molecule has 1 unspecified atom stereocenters. The van der Waals surface area contributed by atoms with Crippen molar-refractivity contribution in [1.29, 1.82) is 0 Å². The molecule has 1 aliphatic carbocycles. The fourth-order valence-corrected chi connectivity index (χ4v) is 3.74. The third-order valence-electron chi connectivity index (χ3n) is 4.88. The summed E-state index contributed by atoms with van der Waals surface area (Å²) >= 11 is 0. The van der Waals surface area contributed by atoms with Crippen LogP contribution in [0.1, 0.15) is 44.6 Å². The maximum Gasteiger partial charge on any atom is 0.0312 e. The Balaban J connectivity index is 1.72. The van der Waals surface area contributed by atoms with E-state index in [1.807, 2.05) is 18.5 Å². The summed E-state index contributed by atoms with van der Waals surface area (Å²) in [7, 11) is 0. The van der Waals surface area contributed by atoms with Crippen molar-refractivity contribution in [1.82, 2.24) is 15.2 Å². The molecule has 2 fully saturated rings. The minimum absolute atomic E-state index is 0.411. The number of aromatic nitrogens is 1. The van der Waals surface area contributed by atoms with Crippen molar-refractivity contribution >= 4 is 0 Å². The van der Waals surface area contributed by atoms with Crippen LogP contribution in [0.4, 0.5) is 0 Å². The van der Waals surface area contributed by atoms with E-state index in [1.165, 1.54) is 44.2 Å². The molecular formula is C16H25N3. The van der Waals surface area contributed by atoms with Gasteiger partial charge in [0.25, 0.3) is 0 Å². The molecule has 1 aromatic rings. The fourth-order valence-electron chi connectivity index (χ4n) is 3.74. The molecule has 1 spiro atoms. The molecule has 0 bridgehead atoms. The van der Waals surface area contributed by atoms with Crippen LogP contribution >= 0.6 is 0 Å². The highest BCUT2D eigenvalue weighted by molar-refractivity contribution is 5.10. The lowest BCUT2D eigenvalue weighted by molar-refractivity contribution is 0.0717. The lowest BCUT2D eigenvalue weighted by Crippen LogP contribution is -2.62. The first kappa shape index (κ1) is 13.1. The summed E-state index contributed by atoms with van der Waals surface area (Å²) < 4.78 is 0. The molecule has 1 aromatic heterocycles. The lowest BCUT2D eigenvalue weighted by atomic mass is 9.91. The van der Waals surface area contributed by atoms with Crippen molar-refractivity contribution in [2.24, 2.45) is 0 Å². The Morgan fingerprint density at radius 2 is 2.26 bits per heavy atom. The topological polar surface area (TPSA) is 28.2 Å². The average Bonchev–Trinajstić information content (AvgIpc) is 2.88. The maximum absolute atomic E-state index is 4.25. The largest absolute Gasteiger partial charge is 0.308 e. The van der Waals surface area contributed by atoms with Crippen molar-refractivity contribution in [2.75, 3.05) is 13.1 Å². The Hall–Kier alpha value is -0.930. The Bertz CT molecular complexity index is 398. The molecule has 2 aliphatic rings. The Morgan fingerprint density at radius 1 is 1.42 bits per heavy atom. The van der Waals surface area contributed by atoms with Crippen LogP contribution in [0.25, 0.3) is 0 Å². The fraction of sp³-hybridized carbons (Fsp3) is 0.688. The highest BCUT2D eigenvalue weighted by Gasteiger charge is 2.40. The number of hydrogen-bond acceptors (Lipinski definition) is 3. The van der Waals surface area contributed by atoms with Crippen molar-refractivity contribution in [3.63, 3.8) is 0 Å². The third kappa shape index (κ3) is 2.82. The molecule has 0 amide bonds. The van der Waals surface area contributed by atoms with Crippen molar-refractivity contribution in [2.45, 2.75) is 57.2 Å². The summed E-state index contributed by atoms with van der Waals surface area (Å²) in [5, 5.41) is 3.85. The molecular weight excluding hydrogens is 234 g/mol. The second kappa shape index (κ2) is 5.59. The van der Waals surface area contributed by atoms with Gasteiger partial charge in [0, 0.05) is 43.6 Å². The SMILES string of the molecule is CCC1CNC2(CCCC2)CN1Cc1cccnc1. The van der Waals surface area contributed by atoms with Gasteiger partial charge in [0.2, 0.25) is 0 Å². The summed E-state index contributed by atoms with van der Waals surface area (Å²) in [6, 6.07) is 4.92. The van der Waals surface area contributed by atoms with E-state index < -0.39 is 0 Å². The van der Waals surface area contributed by atoms with Gasteiger partial charge in [0.1, 0.15) is 0 Å². The third-order valence-corrected chi connectivity index (χ3v) is 4.88. The van der Waals surface area contributed by atoms with Crippen molar-refractivity contribution in [3.05, 3.63) is 30.1 Å². The van der Waals surface area contributed by atoms with Gasteiger partial charge in [0.15, 0.2) is 0 Å². The van der Waals surface area contributed by atoms with E-state index in [1.54, 1.807) is 0 Å². The first-order valence-corrected chi connectivity index (χ1v) is 7.69. The standard InChI is InChI=1S/C16H25N3/c1-2-15-11-18-16(7-3-4-8-16)13-19(15)12-14-6-5-9-17-10-14/h5-6,9-10,15,18H,2-4,7-8,11-13H2,1H3. The lowest BCUT2D eigenvalue weighted by Gasteiger charge is -2.46. The molecule has 1 saturated carbocycles. The van der Waals surface area contributed by atoms with Crippen LogP contribution in [0.15, 0.2) is 24.5 Å². The van der Waals surface area contributed by atoms with Gasteiger partial charge in [-0.3, -0.25) is 9.88 Å². The number of hydrogen-bond donors (Lipinski definition) is 1. The Morgan fingerprint density at radius 3 is 2.95 bits per heavy atom. The van der Waals surface area contributed by atoms with Gasteiger partial charge in [-0.2, -0.15) is 0 Å². The minimum atomic E-state index is 0.411. The quantitative estimate of drug-likeness (QED) is 0.904. The predicted octanol–water partition coefficient (Wildman–Crippen LogP) is 2.58. The summed E-state index contributed by atoms with van der Waals surface area (Å²) in [5.74, 6) is 0. The molecule has 0 radical (unpaired) electrons. The average molecular weight is 259 g/mol. The zero-order valence-electron chi connectivity index (χ0n) is 11.9. The smallest absolute Gasteiger partial charge is 0.0312 e. The molecule has 2 heterocycles. The maximum atomic E-state index is 4.25. The molecule has 1 N–H and O–H groups in total. The van der Waals surface area contributed by atoms with Crippen LogP contribution in [0, 0.1) is 0 Å². The zero-order valence-corrected chi connectivity index (χ0v) is 11.9. The van der Waals surface area contributed by atoms with E-state index in [0.29, 0.717) is 11.6 Å². The molecule has 1 atom stereocenters. The molecule has 104 valence electrons. The van der Waals surface area contributed by atoms with Gasteiger partial charge in [-0.1, -0.05) is 25.8 Å². The van der Waals surface area contributed by atoms with E-state index in [4.69, 9.17) is 0 Å². The van der Waals surface area contributed by atoms with E-state index >= 15 is 0 Å². The van der Waals surface area contributed by atoms with E-state index in [2.05, 4.69) is 28.2 Å². The Kier molecular flexibility index (Phi) is 3.85. The van der Waals surface area contributed by atoms with E-state index in [9.17, 15) is 0 Å². The van der Waals surface area contributed by atoms with Crippen LogP contribution in [0.5, 0.6) is 0 Å². The highest BCUT2D eigenvalue weighted by atomic mass is 15.3. The van der Waals surface area contributed by atoms with Gasteiger partial charge < -0.3 is 5.32 Å². The van der Waals surface area contributed by atoms with Gasteiger partial charge in [-0.05, 0) is 30.9 Å². The molecule has 3 rings (SSSR count). The normalized spacial score (nSPS) is 26.9. The van der Waals surface area contributed by atoms with Crippen molar-refractivity contribution in [3.8, 4) is 0 Å². The molecule has 3 heteroatoms. The van der Waals surface area contributed by atoms with Crippen LogP contribution in [0.3, 0.4) is 0 Å². The second-order valence-electron chi connectivity index (χ2n) is 6.20. The number of rotatable bonds is 3. The molecule has 19 heavy (non-hydrogen) atoms. The predicted molar refractivity (Wildman–Crippen MR) is 77.9 cm³/mol. The van der Waals surface area contributed by atoms with E-state index in [0.717, 1.165) is 13.1 Å². The molecule has 1 aliphatic heterocycles. The molecule has 3 nitrogen and oxygen atoms in total. The number of pyridine rings is 1. The van der Waals surface area contributed by atoms with Gasteiger partial charge in [0.05, 0.1) is 0 Å². The summed E-state index contributed by atoms with van der Waals surface area (Å²) in [5.41, 5.74) is 1.75. The van der Waals surface area contributed by atoms with Crippen LogP contribution in [-0.2, 0) is 6.54 Å². The number of nitrogens with zero attached hydrogens (tertiary/aromatic N) is 2. The first-order valence-electron chi connectivity index (χ1n) is 7.69. The monoisotopic (exact) mass is 259 g/mol. The van der Waals surface area contributed by atoms with Gasteiger partial charge in [-0.15, -0.1) is 0 Å². The summed E-state index contributed by atoms with van der Waals surface area (Å²) in [6.07, 6.45) is 10.6. The van der Waals surface area contributed by atoms with Gasteiger partial charge in [-0.25, -0.2) is 0 Å². The van der Waals surface area contributed by atoms with Crippen molar-refractivity contribution < 1.29 is 0 Å². The Labute approximate surface area is 116 Å². The molecule has 1 saturated heterocycles. The number of piperazine rings is 1. The summed E-state index contributed by atoms with van der Waals surface area (Å²) in [6.45, 7) is 5.71. The second-order valence-corrected chi connectivity index (χ2v) is 6.20. The minimum Gasteiger partial charge on any atom is -0.308 e. The van der Waals surface area contributed by atoms with Crippen LogP contribution < -0.4 is 5.32 Å². The zero-order chi connectivity index (χ0) is 13.1. The first-order chi connectivity index (χ1) is 9.31. The van der Waals surface area contributed by atoms with Crippen LogP contribution in [-0.4, -0.2) is 34.6 Å². The number of nitrogens with one attached hydrogen (secondary N) is 1. The van der Waals surface area contributed by atoms with E-state index in [-0.39, 0.29) is 0 Å². The van der Waals surface area contributed by atoms with Gasteiger partial charge >= 0.3 is 0 Å². The highest BCUT2D eigenvalue weighted by Crippen LogP contribution is 2.34. The molecule has 0 aromatic carbocycles.